The number of allylic oxidation sites excluding steroid dienone is 2. The predicted octanol–water partition coefficient (Wildman–Crippen LogP) is 4.26. The molecular weight excluding hydrogens is 460 g/mol. The third-order valence-electron chi connectivity index (χ3n) is 5.92. The van der Waals surface area contributed by atoms with Gasteiger partial charge in [0.1, 0.15) is 24.8 Å². The summed E-state index contributed by atoms with van der Waals surface area (Å²) in [6.45, 7) is 20.3. The van der Waals surface area contributed by atoms with Crippen LogP contribution in [0.2, 0.25) is 0 Å². The SMILES string of the molecule is C=C/C=C(\C=C)COC(=O)[C@H](CC(C)C)NC(=O)C[C@@H](C)OC(=O)[C@@H](NC(=O)C(C)CC)[C@@H](C)CC. The van der Waals surface area contributed by atoms with Gasteiger partial charge in [-0.3, -0.25) is 9.59 Å². The molecule has 5 atom stereocenters. The van der Waals surface area contributed by atoms with E-state index in [1.165, 1.54) is 0 Å². The molecule has 2 N–H and O–H groups in total. The Morgan fingerprint density at radius 1 is 0.917 bits per heavy atom. The van der Waals surface area contributed by atoms with Crippen LogP contribution >= 0.6 is 0 Å². The molecule has 0 aromatic heterocycles. The second kappa shape index (κ2) is 17.5. The summed E-state index contributed by atoms with van der Waals surface area (Å²) in [6, 6.07) is -1.63. The van der Waals surface area contributed by atoms with Crippen LogP contribution in [-0.4, -0.2) is 48.5 Å². The van der Waals surface area contributed by atoms with E-state index in [0.717, 1.165) is 0 Å². The number of nitrogens with one attached hydrogen (secondary N) is 2. The Morgan fingerprint density at radius 2 is 1.56 bits per heavy atom. The molecule has 0 bridgehead atoms. The molecule has 36 heavy (non-hydrogen) atoms. The van der Waals surface area contributed by atoms with Crippen LogP contribution in [0.25, 0.3) is 0 Å². The predicted molar refractivity (Wildman–Crippen MR) is 142 cm³/mol. The van der Waals surface area contributed by atoms with Crippen molar-refractivity contribution in [2.24, 2.45) is 17.8 Å². The molecule has 0 aromatic carbocycles. The van der Waals surface area contributed by atoms with E-state index in [9.17, 15) is 19.2 Å². The molecule has 0 fully saturated rings. The van der Waals surface area contributed by atoms with Gasteiger partial charge in [-0.1, -0.05) is 79.3 Å². The molecule has 0 aliphatic heterocycles. The zero-order valence-corrected chi connectivity index (χ0v) is 23.1. The van der Waals surface area contributed by atoms with Crippen molar-refractivity contribution in [2.75, 3.05) is 6.61 Å². The first-order valence-corrected chi connectivity index (χ1v) is 12.8. The smallest absolute Gasteiger partial charge is 0.329 e. The lowest BCUT2D eigenvalue weighted by Crippen LogP contribution is -2.48. The van der Waals surface area contributed by atoms with E-state index in [0.29, 0.717) is 24.8 Å². The molecule has 0 spiro atoms. The summed E-state index contributed by atoms with van der Waals surface area (Å²) >= 11 is 0. The van der Waals surface area contributed by atoms with Crippen LogP contribution in [0, 0.1) is 17.8 Å². The van der Waals surface area contributed by atoms with Gasteiger partial charge in [0.05, 0.1) is 6.42 Å². The highest BCUT2D eigenvalue weighted by atomic mass is 16.5. The molecule has 0 radical (unpaired) electrons. The Labute approximate surface area is 216 Å². The maximum absolute atomic E-state index is 12.8. The van der Waals surface area contributed by atoms with Crippen LogP contribution in [0.5, 0.6) is 0 Å². The molecule has 0 heterocycles. The lowest BCUT2D eigenvalue weighted by molar-refractivity contribution is -0.155. The van der Waals surface area contributed by atoms with E-state index >= 15 is 0 Å². The fourth-order valence-electron chi connectivity index (χ4n) is 3.24. The van der Waals surface area contributed by atoms with Gasteiger partial charge in [-0.05, 0) is 37.2 Å². The second-order valence-corrected chi connectivity index (χ2v) is 9.67. The minimum Gasteiger partial charge on any atom is -0.461 e. The normalized spacial score (nSPS) is 15.6. The molecule has 0 aliphatic carbocycles. The molecule has 0 aliphatic rings. The Kier molecular flexibility index (Phi) is 16.1. The molecular formula is C28H46N2O6. The number of rotatable bonds is 17. The summed E-state index contributed by atoms with van der Waals surface area (Å²) < 4.78 is 10.9. The van der Waals surface area contributed by atoms with Gasteiger partial charge in [-0.25, -0.2) is 9.59 Å². The number of carbonyl (C=O) groups is 4. The van der Waals surface area contributed by atoms with E-state index in [1.54, 1.807) is 32.1 Å². The molecule has 0 aromatic rings. The van der Waals surface area contributed by atoms with Crippen molar-refractivity contribution in [1.29, 1.82) is 0 Å². The molecule has 0 rings (SSSR count). The van der Waals surface area contributed by atoms with Crippen LogP contribution in [-0.2, 0) is 28.7 Å². The maximum Gasteiger partial charge on any atom is 0.329 e. The van der Waals surface area contributed by atoms with Crippen LogP contribution in [0.4, 0.5) is 0 Å². The van der Waals surface area contributed by atoms with Gasteiger partial charge >= 0.3 is 11.9 Å². The van der Waals surface area contributed by atoms with Crippen molar-refractivity contribution in [3.05, 3.63) is 37.0 Å². The van der Waals surface area contributed by atoms with E-state index in [1.807, 2.05) is 34.6 Å². The first-order chi connectivity index (χ1) is 16.9. The fraction of sp³-hybridized carbons (Fsp3) is 0.643. The van der Waals surface area contributed by atoms with Crippen molar-refractivity contribution >= 4 is 23.8 Å². The van der Waals surface area contributed by atoms with Crippen molar-refractivity contribution in [3.63, 3.8) is 0 Å². The summed E-state index contributed by atoms with van der Waals surface area (Å²) in [5, 5.41) is 5.49. The van der Waals surface area contributed by atoms with Crippen LogP contribution in [0.1, 0.15) is 74.1 Å². The summed E-state index contributed by atoms with van der Waals surface area (Å²) in [4.78, 5) is 50.5. The van der Waals surface area contributed by atoms with Gasteiger partial charge in [0.25, 0.3) is 0 Å². The van der Waals surface area contributed by atoms with Crippen LogP contribution in [0.15, 0.2) is 37.0 Å². The van der Waals surface area contributed by atoms with E-state index in [-0.39, 0.29) is 36.7 Å². The molecule has 8 heteroatoms. The minimum atomic E-state index is -0.835. The lowest BCUT2D eigenvalue weighted by Gasteiger charge is -2.26. The fourth-order valence-corrected chi connectivity index (χ4v) is 3.24. The van der Waals surface area contributed by atoms with Gasteiger partial charge in [0.15, 0.2) is 0 Å². The molecule has 2 amide bonds. The zero-order chi connectivity index (χ0) is 27.8. The number of carbonyl (C=O) groups excluding carboxylic acids is 4. The third-order valence-corrected chi connectivity index (χ3v) is 5.92. The van der Waals surface area contributed by atoms with Gasteiger partial charge in [-0.2, -0.15) is 0 Å². The number of amides is 2. The number of hydrogen-bond donors (Lipinski definition) is 2. The van der Waals surface area contributed by atoms with Crippen LogP contribution in [0.3, 0.4) is 0 Å². The number of esters is 2. The number of ether oxygens (including phenoxy) is 2. The van der Waals surface area contributed by atoms with E-state index in [4.69, 9.17) is 9.47 Å². The molecule has 8 nitrogen and oxygen atoms in total. The minimum absolute atomic E-state index is 0.0200. The van der Waals surface area contributed by atoms with E-state index in [2.05, 4.69) is 23.8 Å². The average molecular weight is 507 g/mol. The first-order valence-electron chi connectivity index (χ1n) is 12.8. The largest absolute Gasteiger partial charge is 0.461 e. The highest BCUT2D eigenvalue weighted by molar-refractivity contribution is 5.87. The third kappa shape index (κ3) is 12.7. The van der Waals surface area contributed by atoms with E-state index < -0.39 is 36.0 Å². The average Bonchev–Trinajstić information content (AvgIpc) is 2.82. The maximum atomic E-state index is 12.8. The van der Waals surface area contributed by atoms with Gasteiger partial charge in [0.2, 0.25) is 11.8 Å². The Morgan fingerprint density at radius 3 is 2.06 bits per heavy atom. The standard InChI is InChI=1S/C28H46N2O6/c1-10-14-22(13-4)17-35-27(33)23(15-18(5)6)29-24(31)16-21(9)36-28(34)25(19(7)11-2)30-26(32)20(8)12-3/h10,13-14,18-21,23,25H,1,4,11-12,15-17H2,2-3,5-9H3,(H,29,31)(H,30,32)/b22-14+/t19-,20?,21+,23-,25-/m0/s1. The quantitative estimate of drug-likeness (QED) is 0.225. The van der Waals surface area contributed by atoms with Crippen LogP contribution < -0.4 is 10.6 Å². The van der Waals surface area contributed by atoms with Crippen molar-refractivity contribution < 1.29 is 28.7 Å². The summed E-state index contributed by atoms with van der Waals surface area (Å²) in [5.74, 6) is -2.00. The molecule has 0 saturated heterocycles. The molecule has 1 unspecified atom stereocenters. The lowest BCUT2D eigenvalue weighted by atomic mass is 9.98. The Hall–Kier alpha value is -2.90. The monoisotopic (exact) mass is 506 g/mol. The second-order valence-electron chi connectivity index (χ2n) is 9.67. The number of hydrogen-bond acceptors (Lipinski definition) is 6. The highest BCUT2D eigenvalue weighted by Gasteiger charge is 2.31. The van der Waals surface area contributed by atoms with Gasteiger partial charge in [-0.15, -0.1) is 0 Å². The summed E-state index contributed by atoms with van der Waals surface area (Å²) in [5.41, 5.74) is 0.685. The van der Waals surface area contributed by atoms with Gasteiger partial charge in [0, 0.05) is 5.92 Å². The Balaban J connectivity index is 5.14. The van der Waals surface area contributed by atoms with Crippen molar-refractivity contribution in [1.82, 2.24) is 10.6 Å². The topological polar surface area (TPSA) is 111 Å². The summed E-state index contributed by atoms with van der Waals surface area (Å²) in [7, 11) is 0. The molecule has 0 saturated carbocycles. The Bertz CT molecular complexity index is 789. The van der Waals surface area contributed by atoms with Crippen molar-refractivity contribution in [3.8, 4) is 0 Å². The van der Waals surface area contributed by atoms with Crippen molar-refractivity contribution in [2.45, 2.75) is 92.3 Å². The summed E-state index contributed by atoms with van der Waals surface area (Å²) in [6.07, 6.45) is 5.67. The zero-order valence-electron chi connectivity index (χ0n) is 23.1. The molecule has 204 valence electrons. The highest BCUT2D eigenvalue weighted by Crippen LogP contribution is 2.14. The first kappa shape index (κ1) is 33.1. The van der Waals surface area contributed by atoms with Gasteiger partial charge < -0.3 is 20.1 Å².